The van der Waals surface area contributed by atoms with Gasteiger partial charge in [-0.25, -0.2) is 0 Å². The SMILES string of the molecule is COC(=O)CCN(C(=O)c1ccccc1)c1cc(C)c(C#CCNc2ccc(C(=N)N)cc2)cc1C. The molecule has 184 valence electrons. The second-order valence-corrected chi connectivity index (χ2v) is 8.25. The topological polar surface area (TPSA) is 109 Å². The van der Waals surface area contributed by atoms with Crippen LogP contribution in [-0.2, 0) is 9.53 Å². The summed E-state index contributed by atoms with van der Waals surface area (Å²) in [6, 6.07) is 20.2. The normalized spacial score (nSPS) is 10.1. The van der Waals surface area contributed by atoms with E-state index in [2.05, 4.69) is 17.2 Å². The third-order valence-corrected chi connectivity index (χ3v) is 5.67. The van der Waals surface area contributed by atoms with Gasteiger partial charge in [-0.3, -0.25) is 15.0 Å². The van der Waals surface area contributed by atoms with E-state index in [4.69, 9.17) is 15.9 Å². The molecule has 0 saturated carbocycles. The lowest BCUT2D eigenvalue weighted by molar-refractivity contribution is -0.140. The van der Waals surface area contributed by atoms with E-state index >= 15 is 0 Å². The van der Waals surface area contributed by atoms with Crippen molar-refractivity contribution < 1.29 is 14.3 Å². The molecule has 0 bridgehead atoms. The van der Waals surface area contributed by atoms with Crippen molar-refractivity contribution in [2.45, 2.75) is 20.3 Å². The van der Waals surface area contributed by atoms with Crippen LogP contribution in [-0.4, -0.2) is 37.9 Å². The Morgan fingerprint density at radius 3 is 2.33 bits per heavy atom. The molecule has 36 heavy (non-hydrogen) atoms. The van der Waals surface area contributed by atoms with Crippen LogP contribution in [0.3, 0.4) is 0 Å². The van der Waals surface area contributed by atoms with Gasteiger partial charge in [-0.05, 0) is 73.5 Å². The van der Waals surface area contributed by atoms with E-state index in [0.717, 1.165) is 28.1 Å². The minimum Gasteiger partial charge on any atom is -0.469 e. The van der Waals surface area contributed by atoms with Crippen LogP contribution in [0.25, 0.3) is 0 Å². The zero-order valence-electron chi connectivity index (χ0n) is 20.7. The minimum absolute atomic E-state index is 0.0324. The smallest absolute Gasteiger partial charge is 0.307 e. The summed E-state index contributed by atoms with van der Waals surface area (Å²) in [6.07, 6.45) is 0.0915. The fourth-order valence-corrected chi connectivity index (χ4v) is 3.65. The van der Waals surface area contributed by atoms with Gasteiger partial charge in [0.1, 0.15) is 5.84 Å². The van der Waals surface area contributed by atoms with Crippen molar-refractivity contribution in [3.05, 3.63) is 94.5 Å². The molecule has 0 fully saturated rings. The molecule has 7 heteroatoms. The first kappa shape index (κ1) is 26.0. The summed E-state index contributed by atoms with van der Waals surface area (Å²) in [7, 11) is 1.34. The molecule has 0 aliphatic carbocycles. The summed E-state index contributed by atoms with van der Waals surface area (Å²) in [6.45, 7) is 4.53. The summed E-state index contributed by atoms with van der Waals surface area (Å²) in [5.41, 5.74) is 11.0. The number of amidine groups is 1. The number of benzene rings is 3. The fraction of sp³-hybridized carbons (Fsp3) is 0.207. The van der Waals surface area contributed by atoms with E-state index in [1.165, 1.54) is 7.11 Å². The maximum absolute atomic E-state index is 13.3. The lowest BCUT2D eigenvalue weighted by Crippen LogP contribution is -2.34. The third kappa shape index (κ3) is 6.73. The molecule has 3 rings (SSSR count). The lowest BCUT2D eigenvalue weighted by Gasteiger charge is -2.25. The van der Waals surface area contributed by atoms with Crippen LogP contribution in [0.4, 0.5) is 11.4 Å². The predicted molar refractivity (Wildman–Crippen MR) is 143 cm³/mol. The molecule has 0 aliphatic rings. The Hall–Kier alpha value is -4.57. The minimum atomic E-state index is -0.374. The quantitative estimate of drug-likeness (QED) is 0.192. The number of hydrogen-bond donors (Lipinski definition) is 3. The maximum atomic E-state index is 13.3. The van der Waals surface area contributed by atoms with Gasteiger partial charge in [0.2, 0.25) is 0 Å². The van der Waals surface area contributed by atoms with Gasteiger partial charge >= 0.3 is 5.97 Å². The average molecular weight is 483 g/mol. The molecule has 0 aromatic heterocycles. The van der Waals surface area contributed by atoms with E-state index < -0.39 is 0 Å². The van der Waals surface area contributed by atoms with E-state index in [0.29, 0.717) is 17.7 Å². The van der Waals surface area contributed by atoms with Gasteiger partial charge in [0, 0.05) is 34.6 Å². The van der Waals surface area contributed by atoms with Gasteiger partial charge in [0.15, 0.2) is 0 Å². The molecule has 0 atom stereocenters. The van der Waals surface area contributed by atoms with Crippen molar-refractivity contribution in [2.24, 2.45) is 5.73 Å². The van der Waals surface area contributed by atoms with E-state index in [-0.39, 0.29) is 30.7 Å². The number of carbonyl (C=O) groups excluding carboxylic acids is 2. The van der Waals surface area contributed by atoms with Crippen molar-refractivity contribution >= 4 is 29.1 Å². The number of methoxy groups -OCH3 is 1. The molecular formula is C29H30N4O3. The largest absolute Gasteiger partial charge is 0.469 e. The molecule has 0 saturated heterocycles. The molecule has 3 aromatic carbocycles. The highest BCUT2D eigenvalue weighted by atomic mass is 16.5. The van der Waals surface area contributed by atoms with Crippen LogP contribution in [0.1, 0.15) is 39.0 Å². The van der Waals surface area contributed by atoms with Crippen LogP contribution < -0.4 is 16.0 Å². The number of nitrogen functional groups attached to an aromatic ring is 1. The Kier molecular flexibility index (Phi) is 8.84. The number of nitrogens with zero attached hydrogens (tertiary/aromatic N) is 1. The molecule has 0 spiro atoms. The van der Waals surface area contributed by atoms with Crippen LogP contribution in [0.5, 0.6) is 0 Å². The highest BCUT2D eigenvalue weighted by Gasteiger charge is 2.21. The van der Waals surface area contributed by atoms with Gasteiger partial charge < -0.3 is 20.7 Å². The van der Waals surface area contributed by atoms with Gasteiger partial charge in [0.25, 0.3) is 5.91 Å². The first-order valence-corrected chi connectivity index (χ1v) is 11.5. The summed E-state index contributed by atoms with van der Waals surface area (Å²) in [5, 5.41) is 10.7. The number of carbonyl (C=O) groups is 2. The monoisotopic (exact) mass is 482 g/mol. The second kappa shape index (κ2) is 12.2. The standard InChI is InChI=1S/C29H30N4O3/c1-20-19-26(33(17-15-27(34)36-3)29(35)23-8-5-4-6-9-23)21(2)18-24(20)10-7-16-32-25-13-11-22(12-14-25)28(30)31/h4-6,8-9,11-14,18-19,32H,15-17H2,1-3H3,(H3,30,31). The Morgan fingerprint density at radius 1 is 1.00 bits per heavy atom. The summed E-state index contributed by atoms with van der Waals surface area (Å²) in [5.74, 6) is 5.81. The summed E-state index contributed by atoms with van der Waals surface area (Å²) < 4.78 is 4.78. The molecule has 0 heterocycles. The first-order valence-electron chi connectivity index (χ1n) is 11.5. The number of hydrogen-bond acceptors (Lipinski definition) is 5. The highest BCUT2D eigenvalue weighted by molar-refractivity contribution is 6.06. The second-order valence-electron chi connectivity index (χ2n) is 8.25. The van der Waals surface area contributed by atoms with Crippen LogP contribution >= 0.6 is 0 Å². The first-order chi connectivity index (χ1) is 17.3. The van der Waals surface area contributed by atoms with Gasteiger partial charge in [-0.15, -0.1) is 0 Å². The zero-order chi connectivity index (χ0) is 26.1. The van der Waals surface area contributed by atoms with Crippen LogP contribution in [0.15, 0.2) is 66.7 Å². The number of aryl methyl sites for hydroxylation is 2. The van der Waals surface area contributed by atoms with E-state index in [1.807, 2.05) is 56.3 Å². The molecule has 1 amide bonds. The van der Waals surface area contributed by atoms with E-state index in [1.54, 1.807) is 29.2 Å². The van der Waals surface area contributed by atoms with Crippen molar-refractivity contribution in [1.29, 1.82) is 5.41 Å². The van der Waals surface area contributed by atoms with Gasteiger partial charge in [-0.1, -0.05) is 30.0 Å². The Labute approximate surface area is 211 Å². The summed E-state index contributed by atoms with van der Waals surface area (Å²) >= 11 is 0. The van der Waals surface area contributed by atoms with Crippen molar-refractivity contribution in [2.75, 3.05) is 30.4 Å². The van der Waals surface area contributed by atoms with Crippen LogP contribution in [0, 0.1) is 31.1 Å². The number of rotatable bonds is 8. The lowest BCUT2D eigenvalue weighted by atomic mass is 10.0. The molecule has 4 N–H and O–H groups in total. The van der Waals surface area contributed by atoms with E-state index in [9.17, 15) is 9.59 Å². The molecule has 0 radical (unpaired) electrons. The van der Waals surface area contributed by atoms with Crippen molar-refractivity contribution in [3.8, 4) is 11.8 Å². The van der Waals surface area contributed by atoms with Crippen molar-refractivity contribution in [3.63, 3.8) is 0 Å². The molecule has 0 aliphatic heterocycles. The number of esters is 1. The van der Waals surface area contributed by atoms with Crippen LogP contribution in [0.2, 0.25) is 0 Å². The fourth-order valence-electron chi connectivity index (χ4n) is 3.65. The van der Waals surface area contributed by atoms with Gasteiger partial charge in [0.05, 0.1) is 20.1 Å². The Morgan fingerprint density at radius 2 is 1.69 bits per heavy atom. The van der Waals surface area contributed by atoms with Crippen molar-refractivity contribution in [1.82, 2.24) is 0 Å². The molecule has 7 nitrogen and oxygen atoms in total. The molecule has 3 aromatic rings. The Balaban J connectivity index is 1.79. The number of nitrogens with one attached hydrogen (secondary N) is 2. The maximum Gasteiger partial charge on any atom is 0.307 e. The number of ether oxygens (including phenoxy) is 1. The number of anilines is 2. The van der Waals surface area contributed by atoms with Gasteiger partial charge in [-0.2, -0.15) is 0 Å². The third-order valence-electron chi connectivity index (χ3n) is 5.67. The number of nitrogens with two attached hydrogens (primary N) is 1. The molecule has 0 unspecified atom stereocenters. The molecular weight excluding hydrogens is 452 g/mol. The predicted octanol–water partition coefficient (Wildman–Crippen LogP) is 4.26. The summed E-state index contributed by atoms with van der Waals surface area (Å²) in [4.78, 5) is 26.7. The zero-order valence-corrected chi connectivity index (χ0v) is 20.7. The highest BCUT2D eigenvalue weighted by Crippen LogP contribution is 2.26. The Bertz CT molecular complexity index is 1310. The number of amides is 1. The average Bonchev–Trinajstić information content (AvgIpc) is 2.89.